The van der Waals surface area contributed by atoms with Crippen LogP contribution in [0.4, 0.5) is 4.79 Å². The van der Waals surface area contributed by atoms with Gasteiger partial charge in [-0.05, 0) is 54.3 Å². The smallest absolute Gasteiger partial charge is 0.407 e. The van der Waals surface area contributed by atoms with Crippen molar-refractivity contribution in [1.29, 1.82) is 0 Å². The maximum absolute atomic E-state index is 11.7. The lowest BCUT2D eigenvalue weighted by Gasteiger charge is -2.32. The summed E-state index contributed by atoms with van der Waals surface area (Å²) in [5.41, 5.74) is 5.38. The van der Waals surface area contributed by atoms with Gasteiger partial charge in [0.1, 0.15) is 5.60 Å². The fourth-order valence-electron chi connectivity index (χ4n) is 2.63. The first-order chi connectivity index (χ1) is 9.73. The van der Waals surface area contributed by atoms with Crippen LogP contribution in [-0.2, 0) is 4.74 Å². The van der Waals surface area contributed by atoms with Crippen LogP contribution in [0.25, 0.3) is 0 Å². The molecule has 0 aliphatic carbocycles. The number of likely N-dealkylation sites (tertiary alicyclic amines) is 1. The fourth-order valence-corrected chi connectivity index (χ4v) is 2.63. The number of carbonyl (C=O) groups excluding carboxylic acids is 1. The summed E-state index contributed by atoms with van der Waals surface area (Å²) in [4.78, 5) is 16.3. The van der Waals surface area contributed by atoms with Crippen molar-refractivity contribution in [3.63, 3.8) is 0 Å². The van der Waals surface area contributed by atoms with Crippen LogP contribution in [0.2, 0.25) is 0 Å². The summed E-state index contributed by atoms with van der Waals surface area (Å²) in [7, 11) is 4.24. The van der Waals surface area contributed by atoms with Crippen LogP contribution in [0, 0.1) is 0 Å². The number of hydrogen-bond donors (Lipinski definition) is 2. The molecule has 6 heteroatoms. The first-order valence-electron chi connectivity index (χ1n) is 7.80. The summed E-state index contributed by atoms with van der Waals surface area (Å²) in [6, 6.07) is 0.720. The normalized spacial score (nSPS) is 21.6. The highest BCUT2D eigenvalue weighted by Gasteiger charge is 2.25. The lowest BCUT2D eigenvalue weighted by atomic mass is 10.1. The third-order valence-electron chi connectivity index (χ3n) is 3.95. The second kappa shape index (κ2) is 7.96. The molecule has 1 heterocycles. The van der Waals surface area contributed by atoms with Gasteiger partial charge in [0.25, 0.3) is 0 Å². The Hall–Kier alpha value is -0.850. The Bertz CT molecular complexity index is 330. The number of hydrogen-bond acceptors (Lipinski definition) is 5. The number of rotatable bonds is 6. The van der Waals surface area contributed by atoms with Gasteiger partial charge in [-0.2, -0.15) is 0 Å². The first-order valence-corrected chi connectivity index (χ1v) is 7.80. The number of ether oxygens (including phenoxy) is 1. The van der Waals surface area contributed by atoms with Gasteiger partial charge in [0.2, 0.25) is 0 Å². The van der Waals surface area contributed by atoms with E-state index in [2.05, 4.69) is 29.2 Å². The zero-order valence-corrected chi connectivity index (χ0v) is 14.2. The molecule has 0 aromatic carbocycles. The minimum Gasteiger partial charge on any atom is -0.444 e. The Morgan fingerprint density at radius 3 is 2.67 bits per heavy atom. The van der Waals surface area contributed by atoms with Crippen LogP contribution in [-0.4, -0.2) is 73.9 Å². The van der Waals surface area contributed by atoms with Crippen molar-refractivity contribution in [2.24, 2.45) is 5.73 Å². The lowest BCUT2D eigenvalue weighted by molar-refractivity contribution is 0.0509. The summed E-state index contributed by atoms with van der Waals surface area (Å²) in [6.07, 6.45) is 2.11. The predicted octanol–water partition coefficient (Wildman–Crippen LogP) is 0.864. The van der Waals surface area contributed by atoms with Crippen molar-refractivity contribution in [2.45, 2.75) is 51.3 Å². The van der Waals surface area contributed by atoms with Crippen molar-refractivity contribution in [3.05, 3.63) is 0 Å². The maximum Gasteiger partial charge on any atom is 0.407 e. The Balaban J connectivity index is 2.37. The molecule has 1 aliphatic heterocycles. The minimum atomic E-state index is -0.471. The quantitative estimate of drug-likeness (QED) is 0.761. The summed E-state index contributed by atoms with van der Waals surface area (Å²) < 4.78 is 5.25. The van der Waals surface area contributed by atoms with E-state index < -0.39 is 5.60 Å². The standard InChI is InChI=1S/C15H32N4O2/c1-15(2,3)21-14(20)17-10-13(9-16)19(5)11-12-7-6-8-18(12)4/h12-13H,6-11,16H2,1-5H3,(H,17,20). The molecular weight excluding hydrogens is 268 g/mol. The van der Waals surface area contributed by atoms with E-state index >= 15 is 0 Å². The Kier molecular flexibility index (Phi) is 6.90. The number of nitrogens with one attached hydrogen (secondary N) is 1. The zero-order valence-electron chi connectivity index (χ0n) is 14.2. The van der Waals surface area contributed by atoms with Gasteiger partial charge in [-0.25, -0.2) is 4.79 Å². The lowest BCUT2D eigenvalue weighted by Crippen LogP contribution is -2.50. The van der Waals surface area contributed by atoms with Crippen molar-refractivity contribution in [2.75, 3.05) is 40.3 Å². The molecule has 0 aromatic rings. The SMILES string of the molecule is CN1CCCC1CN(C)C(CN)CNC(=O)OC(C)(C)C. The van der Waals surface area contributed by atoms with Crippen LogP contribution >= 0.6 is 0 Å². The van der Waals surface area contributed by atoms with Gasteiger partial charge < -0.3 is 20.7 Å². The van der Waals surface area contributed by atoms with Crippen LogP contribution in [0.3, 0.4) is 0 Å². The van der Waals surface area contributed by atoms with Crippen molar-refractivity contribution in [1.82, 2.24) is 15.1 Å². The molecule has 0 radical (unpaired) electrons. The second-order valence-electron chi connectivity index (χ2n) is 6.99. The van der Waals surface area contributed by atoms with Gasteiger partial charge in [0, 0.05) is 31.7 Å². The highest BCUT2D eigenvalue weighted by molar-refractivity contribution is 5.67. The highest BCUT2D eigenvalue weighted by atomic mass is 16.6. The topological polar surface area (TPSA) is 70.8 Å². The van der Waals surface area contributed by atoms with E-state index in [9.17, 15) is 4.79 Å². The monoisotopic (exact) mass is 300 g/mol. The molecule has 0 spiro atoms. The molecule has 6 nitrogen and oxygen atoms in total. The van der Waals surface area contributed by atoms with Crippen LogP contribution in [0.5, 0.6) is 0 Å². The molecule has 1 rings (SSSR count). The molecule has 1 amide bonds. The van der Waals surface area contributed by atoms with E-state index in [1.165, 1.54) is 19.4 Å². The molecule has 21 heavy (non-hydrogen) atoms. The Morgan fingerprint density at radius 2 is 2.19 bits per heavy atom. The van der Waals surface area contributed by atoms with Gasteiger partial charge >= 0.3 is 6.09 Å². The molecule has 2 atom stereocenters. The van der Waals surface area contributed by atoms with E-state index in [4.69, 9.17) is 10.5 Å². The fraction of sp³-hybridized carbons (Fsp3) is 0.933. The molecule has 2 unspecified atom stereocenters. The minimum absolute atomic E-state index is 0.131. The van der Waals surface area contributed by atoms with E-state index in [1.54, 1.807) is 0 Å². The maximum atomic E-state index is 11.7. The summed E-state index contributed by atoms with van der Waals surface area (Å²) in [5.74, 6) is 0. The first kappa shape index (κ1) is 18.2. The van der Waals surface area contributed by atoms with Gasteiger partial charge in [0.05, 0.1) is 0 Å². The van der Waals surface area contributed by atoms with Crippen molar-refractivity contribution >= 4 is 6.09 Å². The van der Waals surface area contributed by atoms with Crippen molar-refractivity contribution < 1.29 is 9.53 Å². The van der Waals surface area contributed by atoms with Crippen LogP contribution in [0.15, 0.2) is 0 Å². The van der Waals surface area contributed by atoms with Crippen LogP contribution in [0.1, 0.15) is 33.6 Å². The summed E-state index contributed by atoms with van der Waals surface area (Å²) >= 11 is 0. The number of likely N-dealkylation sites (N-methyl/N-ethyl adjacent to an activating group) is 2. The molecule has 1 saturated heterocycles. The Morgan fingerprint density at radius 1 is 1.52 bits per heavy atom. The molecule has 124 valence electrons. The summed E-state index contributed by atoms with van der Waals surface area (Å²) in [5, 5.41) is 2.81. The second-order valence-corrected chi connectivity index (χ2v) is 6.99. The third-order valence-corrected chi connectivity index (χ3v) is 3.95. The summed E-state index contributed by atoms with van der Waals surface area (Å²) in [6.45, 7) is 8.75. The number of amides is 1. The van der Waals surface area contributed by atoms with Gasteiger partial charge in [-0.1, -0.05) is 0 Å². The third kappa shape index (κ3) is 6.63. The van der Waals surface area contributed by atoms with Crippen LogP contribution < -0.4 is 11.1 Å². The molecule has 1 fully saturated rings. The van der Waals surface area contributed by atoms with E-state index in [-0.39, 0.29) is 12.1 Å². The zero-order chi connectivity index (χ0) is 16.0. The predicted molar refractivity (Wildman–Crippen MR) is 85.4 cm³/mol. The molecule has 0 bridgehead atoms. The van der Waals surface area contributed by atoms with E-state index in [0.29, 0.717) is 19.1 Å². The Labute approximate surface area is 129 Å². The largest absolute Gasteiger partial charge is 0.444 e. The van der Waals surface area contributed by atoms with Gasteiger partial charge in [-0.15, -0.1) is 0 Å². The average Bonchev–Trinajstić information content (AvgIpc) is 2.73. The molecular formula is C15H32N4O2. The number of nitrogens with two attached hydrogens (primary N) is 1. The van der Waals surface area contributed by atoms with E-state index in [1.807, 2.05) is 20.8 Å². The van der Waals surface area contributed by atoms with Gasteiger partial charge in [-0.3, -0.25) is 4.90 Å². The molecule has 0 saturated carbocycles. The molecule has 3 N–H and O–H groups in total. The van der Waals surface area contributed by atoms with Gasteiger partial charge in [0.15, 0.2) is 0 Å². The molecule has 0 aromatic heterocycles. The van der Waals surface area contributed by atoms with E-state index in [0.717, 1.165) is 6.54 Å². The number of alkyl carbamates (subject to hydrolysis) is 1. The molecule has 1 aliphatic rings. The van der Waals surface area contributed by atoms with Crippen molar-refractivity contribution in [3.8, 4) is 0 Å². The average molecular weight is 300 g/mol. The highest BCUT2D eigenvalue weighted by Crippen LogP contribution is 2.16. The number of nitrogens with zero attached hydrogens (tertiary/aromatic N) is 2. The number of carbonyl (C=O) groups is 1.